The molecule has 0 radical (unpaired) electrons. The van der Waals surface area contributed by atoms with E-state index in [0.29, 0.717) is 43.0 Å². The van der Waals surface area contributed by atoms with Crippen LogP contribution in [0.3, 0.4) is 0 Å². The predicted molar refractivity (Wildman–Crippen MR) is 113 cm³/mol. The summed E-state index contributed by atoms with van der Waals surface area (Å²) in [5, 5.41) is 3.43. The fourth-order valence-corrected chi connectivity index (χ4v) is 5.77. The van der Waals surface area contributed by atoms with Crippen molar-refractivity contribution in [1.82, 2.24) is 19.4 Å². The fraction of sp³-hybridized carbons (Fsp3) is 0.650. The Balaban J connectivity index is 1.87. The van der Waals surface area contributed by atoms with E-state index in [0.717, 1.165) is 42.5 Å². The van der Waals surface area contributed by atoms with E-state index in [9.17, 15) is 14.4 Å². The summed E-state index contributed by atoms with van der Waals surface area (Å²) in [6, 6.07) is -0.118. The van der Waals surface area contributed by atoms with Crippen LogP contribution in [-0.2, 0) is 17.8 Å². The second-order valence-corrected chi connectivity index (χ2v) is 8.96. The Hall–Kier alpha value is -2.13. The highest BCUT2D eigenvalue weighted by Crippen LogP contribution is 2.31. The monoisotopic (exact) mass is 420 g/mol. The summed E-state index contributed by atoms with van der Waals surface area (Å²) in [5.74, 6) is 0. The Kier molecular flexibility index (Phi) is 5.78. The molecular formula is C20H28N4O4S. The number of methoxy groups -OCH3 is 1. The SMILES string of the molecule is COCCn1c(=O)n(C2CCCCC2)c(=O)c2c(C)c(CN3CCNC3=O)sc21. The minimum absolute atomic E-state index is 0.0333. The Morgan fingerprint density at radius 1 is 1.17 bits per heavy atom. The van der Waals surface area contributed by atoms with Gasteiger partial charge in [-0.2, -0.15) is 0 Å². The summed E-state index contributed by atoms with van der Waals surface area (Å²) >= 11 is 1.45. The molecular weight excluding hydrogens is 392 g/mol. The van der Waals surface area contributed by atoms with E-state index < -0.39 is 0 Å². The van der Waals surface area contributed by atoms with Gasteiger partial charge in [0.1, 0.15) is 4.83 Å². The van der Waals surface area contributed by atoms with Gasteiger partial charge in [0.25, 0.3) is 5.56 Å². The fourth-order valence-electron chi connectivity index (χ4n) is 4.44. The molecule has 1 aliphatic carbocycles. The number of aromatic nitrogens is 2. The first kappa shape index (κ1) is 20.2. The summed E-state index contributed by atoms with van der Waals surface area (Å²) in [7, 11) is 1.61. The van der Waals surface area contributed by atoms with Gasteiger partial charge in [0, 0.05) is 31.1 Å². The van der Waals surface area contributed by atoms with Crippen molar-refractivity contribution >= 4 is 27.6 Å². The minimum Gasteiger partial charge on any atom is -0.383 e. The number of rotatable bonds is 6. The topological polar surface area (TPSA) is 85.6 Å². The van der Waals surface area contributed by atoms with Crippen molar-refractivity contribution in [2.45, 2.75) is 58.2 Å². The van der Waals surface area contributed by atoms with Crippen LogP contribution in [0.1, 0.15) is 48.6 Å². The zero-order valence-corrected chi connectivity index (χ0v) is 17.8. The van der Waals surface area contributed by atoms with Crippen LogP contribution in [0.25, 0.3) is 10.2 Å². The average Bonchev–Trinajstić information content (AvgIpc) is 3.26. The van der Waals surface area contributed by atoms with Gasteiger partial charge in [-0.05, 0) is 25.3 Å². The van der Waals surface area contributed by atoms with E-state index in [1.54, 1.807) is 16.6 Å². The first-order valence-corrected chi connectivity index (χ1v) is 11.1. The molecule has 2 amide bonds. The van der Waals surface area contributed by atoms with Crippen LogP contribution in [0, 0.1) is 6.92 Å². The second kappa shape index (κ2) is 8.31. The molecule has 1 N–H and O–H groups in total. The zero-order valence-electron chi connectivity index (χ0n) is 17.0. The molecule has 0 spiro atoms. The number of hydrogen-bond donors (Lipinski definition) is 1. The van der Waals surface area contributed by atoms with Crippen LogP contribution in [0.4, 0.5) is 4.79 Å². The first-order chi connectivity index (χ1) is 14.0. The Morgan fingerprint density at radius 2 is 1.93 bits per heavy atom. The quantitative estimate of drug-likeness (QED) is 0.776. The molecule has 0 unspecified atom stereocenters. The summed E-state index contributed by atoms with van der Waals surface area (Å²) in [6.45, 7) is 4.48. The average molecular weight is 421 g/mol. The van der Waals surface area contributed by atoms with E-state index >= 15 is 0 Å². The lowest BCUT2D eigenvalue weighted by Crippen LogP contribution is -2.43. The maximum Gasteiger partial charge on any atom is 0.332 e. The number of nitrogens with zero attached hydrogens (tertiary/aromatic N) is 3. The second-order valence-electron chi connectivity index (χ2n) is 7.88. The van der Waals surface area contributed by atoms with E-state index in [-0.39, 0.29) is 23.3 Å². The number of thiophene rings is 1. The molecule has 9 heteroatoms. The van der Waals surface area contributed by atoms with Gasteiger partial charge in [-0.3, -0.25) is 13.9 Å². The zero-order chi connectivity index (χ0) is 20.5. The predicted octanol–water partition coefficient (Wildman–Crippen LogP) is 2.21. The maximum absolute atomic E-state index is 13.4. The number of amides is 2. The van der Waals surface area contributed by atoms with Crippen LogP contribution in [-0.4, -0.2) is 46.9 Å². The number of urea groups is 1. The molecule has 0 bridgehead atoms. The van der Waals surface area contributed by atoms with Crippen molar-refractivity contribution in [2.24, 2.45) is 0 Å². The Morgan fingerprint density at radius 3 is 2.59 bits per heavy atom. The Labute approximate surface area is 173 Å². The molecule has 1 saturated heterocycles. The lowest BCUT2D eigenvalue weighted by atomic mass is 9.95. The highest BCUT2D eigenvalue weighted by Gasteiger charge is 2.27. The van der Waals surface area contributed by atoms with Crippen LogP contribution in [0.2, 0.25) is 0 Å². The first-order valence-electron chi connectivity index (χ1n) is 10.3. The highest BCUT2D eigenvalue weighted by atomic mass is 32.1. The van der Waals surface area contributed by atoms with Crippen molar-refractivity contribution in [3.05, 3.63) is 31.3 Å². The van der Waals surface area contributed by atoms with E-state index in [1.165, 1.54) is 15.9 Å². The molecule has 2 fully saturated rings. The maximum atomic E-state index is 13.4. The number of nitrogens with one attached hydrogen (secondary N) is 1. The van der Waals surface area contributed by atoms with Crippen molar-refractivity contribution < 1.29 is 9.53 Å². The summed E-state index contributed by atoms with van der Waals surface area (Å²) in [5.41, 5.74) is 0.458. The summed E-state index contributed by atoms with van der Waals surface area (Å²) in [6.07, 6.45) is 4.99. The number of carbonyl (C=O) groups excluding carboxylic acids is 1. The molecule has 158 valence electrons. The molecule has 1 aliphatic heterocycles. The Bertz CT molecular complexity index is 1030. The molecule has 8 nitrogen and oxygen atoms in total. The summed E-state index contributed by atoms with van der Waals surface area (Å²) < 4.78 is 8.40. The lowest BCUT2D eigenvalue weighted by molar-refractivity contribution is 0.186. The molecule has 1 saturated carbocycles. The van der Waals surface area contributed by atoms with Gasteiger partial charge in [0.2, 0.25) is 0 Å². The smallest absolute Gasteiger partial charge is 0.332 e. The van der Waals surface area contributed by atoms with Crippen LogP contribution < -0.4 is 16.6 Å². The van der Waals surface area contributed by atoms with Crippen molar-refractivity contribution in [1.29, 1.82) is 0 Å². The molecule has 0 atom stereocenters. The number of ether oxygens (including phenoxy) is 1. The van der Waals surface area contributed by atoms with E-state index in [4.69, 9.17) is 4.74 Å². The van der Waals surface area contributed by atoms with Gasteiger partial charge in [0.15, 0.2) is 0 Å². The minimum atomic E-state index is -0.238. The van der Waals surface area contributed by atoms with Crippen LogP contribution >= 0.6 is 11.3 Å². The number of fused-ring (bicyclic) bond motifs is 1. The number of carbonyl (C=O) groups is 1. The lowest BCUT2D eigenvalue weighted by Gasteiger charge is -2.24. The molecule has 29 heavy (non-hydrogen) atoms. The standard InChI is InChI=1S/C20H28N4O4S/c1-13-15(12-22-9-8-21-19(22)26)29-18-16(13)17(25)24(14-6-4-3-5-7-14)20(27)23(18)10-11-28-2/h14H,3-12H2,1-2H3,(H,21,26). The van der Waals surface area contributed by atoms with Gasteiger partial charge in [0.05, 0.1) is 25.1 Å². The highest BCUT2D eigenvalue weighted by molar-refractivity contribution is 7.18. The molecule has 3 heterocycles. The molecule has 0 aromatic carbocycles. The van der Waals surface area contributed by atoms with Gasteiger partial charge in [-0.15, -0.1) is 11.3 Å². The van der Waals surface area contributed by atoms with Gasteiger partial charge in [-0.1, -0.05) is 19.3 Å². The summed E-state index contributed by atoms with van der Waals surface area (Å²) in [4.78, 5) is 42.1. The van der Waals surface area contributed by atoms with Crippen LogP contribution in [0.15, 0.2) is 9.59 Å². The van der Waals surface area contributed by atoms with E-state index in [2.05, 4.69) is 5.32 Å². The molecule has 2 aromatic rings. The molecule has 4 rings (SSSR count). The van der Waals surface area contributed by atoms with E-state index in [1.807, 2.05) is 6.92 Å². The third-order valence-corrected chi connectivity index (χ3v) is 7.38. The molecule has 2 aromatic heterocycles. The normalized spacial score (nSPS) is 18.0. The van der Waals surface area contributed by atoms with Gasteiger partial charge >= 0.3 is 11.7 Å². The number of aryl methyl sites for hydroxylation is 1. The third-order valence-electron chi connectivity index (χ3n) is 6.08. The van der Waals surface area contributed by atoms with Crippen molar-refractivity contribution in [3.8, 4) is 0 Å². The van der Waals surface area contributed by atoms with Gasteiger partial charge in [-0.25, -0.2) is 9.59 Å². The third kappa shape index (κ3) is 3.61. The molecule has 2 aliphatic rings. The van der Waals surface area contributed by atoms with Crippen molar-refractivity contribution in [3.63, 3.8) is 0 Å². The van der Waals surface area contributed by atoms with Crippen LogP contribution in [0.5, 0.6) is 0 Å². The largest absolute Gasteiger partial charge is 0.383 e. The number of hydrogen-bond acceptors (Lipinski definition) is 5. The van der Waals surface area contributed by atoms with Gasteiger partial charge < -0.3 is 15.0 Å². The van der Waals surface area contributed by atoms with Crippen molar-refractivity contribution in [2.75, 3.05) is 26.8 Å².